The van der Waals surface area contributed by atoms with Crippen molar-refractivity contribution in [2.24, 2.45) is 0 Å². The number of imidazole rings is 1. The van der Waals surface area contributed by atoms with Crippen LogP contribution in [0, 0.1) is 5.82 Å². The second-order valence-corrected chi connectivity index (χ2v) is 5.08. The Morgan fingerprint density at radius 1 is 1.28 bits per heavy atom. The molecule has 1 aromatic carbocycles. The monoisotopic (exact) mass is 324 g/mol. The number of rotatable bonds is 1. The van der Waals surface area contributed by atoms with Crippen LogP contribution in [0.5, 0.6) is 0 Å². The van der Waals surface area contributed by atoms with Gasteiger partial charge in [0.2, 0.25) is 0 Å². The number of pyridine rings is 1. The molecule has 5 heteroatoms. The highest BCUT2D eigenvalue weighted by atomic mass is 79.9. The number of benzene rings is 1. The molecule has 0 radical (unpaired) electrons. The standard InChI is InChI=1S/C13H7BrClFN2/c14-9-6-8(3-4-11(9)16)12-7-17-13-10(15)2-1-5-18(12)13/h1-7H. The molecule has 0 atom stereocenters. The van der Waals surface area contributed by atoms with Crippen molar-refractivity contribution in [1.82, 2.24) is 9.38 Å². The van der Waals surface area contributed by atoms with E-state index < -0.39 is 0 Å². The summed E-state index contributed by atoms with van der Waals surface area (Å²) in [6.45, 7) is 0. The molecule has 3 rings (SSSR count). The van der Waals surface area contributed by atoms with E-state index in [1.54, 1.807) is 24.4 Å². The van der Waals surface area contributed by atoms with Gasteiger partial charge in [0, 0.05) is 11.8 Å². The van der Waals surface area contributed by atoms with Gasteiger partial charge in [-0.3, -0.25) is 4.40 Å². The average molecular weight is 326 g/mol. The van der Waals surface area contributed by atoms with Gasteiger partial charge in [-0.15, -0.1) is 0 Å². The van der Waals surface area contributed by atoms with Crippen molar-refractivity contribution >= 4 is 33.2 Å². The van der Waals surface area contributed by atoms with Crippen LogP contribution in [-0.2, 0) is 0 Å². The fraction of sp³-hybridized carbons (Fsp3) is 0. The molecule has 0 spiro atoms. The summed E-state index contributed by atoms with van der Waals surface area (Å²) in [6, 6.07) is 8.49. The topological polar surface area (TPSA) is 17.3 Å². The number of nitrogens with zero attached hydrogens (tertiary/aromatic N) is 2. The normalized spacial score (nSPS) is 11.1. The first-order valence-corrected chi connectivity index (χ1v) is 6.41. The number of halogens is 3. The van der Waals surface area contributed by atoms with Crippen LogP contribution < -0.4 is 0 Å². The van der Waals surface area contributed by atoms with Gasteiger partial charge in [-0.05, 0) is 46.3 Å². The highest BCUT2D eigenvalue weighted by Gasteiger charge is 2.09. The molecule has 0 amide bonds. The minimum Gasteiger partial charge on any atom is -0.298 e. The lowest BCUT2D eigenvalue weighted by molar-refractivity contribution is 0.621. The van der Waals surface area contributed by atoms with Crippen LogP contribution in [0.3, 0.4) is 0 Å². The van der Waals surface area contributed by atoms with E-state index in [1.165, 1.54) is 6.07 Å². The Morgan fingerprint density at radius 2 is 2.11 bits per heavy atom. The molecule has 0 aliphatic heterocycles. The first-order chi connectivity index (χ1) is 8.66. The van der Waals surface area contributed by atoms with Crippen molar-refractivity contribution in [3.63, 3.8) is 0 Å². The summed E-state index contributed by atoms with van der Waals surface area (Å²) in [5.74, 6) is -0.286. The average Bonchev–Trinajstić information content (AvgIpc) is 2.78. The Labute approximate surface area is 116 Å². The zero-order valence-electron chi connectivity index (χ0n) is 9.07. The van der Waals surface area contributed by atoms with Crippen LogP contribution in [0.4, 0.5) is 4.39 Å². The Kier molecular flexibility index (Phi) is 2.84. The fourth-order valence-corrected chi connectivity index (χ4v) is 2.44. The Bertz CT molecular complexity index is 739. The molecule has 0 unspecified atom stereocenters. The maximum absolute atomic E-state index is 13.2. The minimum absolute atomic E-state index is 0.286. The zero-order valence-corrected chi connectivity index (χ0v) is 11.4. The summed E-state index contributed by atoms with van der Waals surface area (Å²) < 4.78 is 15.5. The van der Waals surface area contributed by atoms with Gasteiger partial charge in [-0.2, -0.15) is 0 Å². The molecule has 2 nitrogen and oxygen atoms in total. The summed E-state index contributed by atoms with van der Waals surface area (Å²) >= 11 is 9.24. The van der Waals surface area contributed by atoms with Crippen LogP contribution >= 0.6 is 27.5 Å². The minimum atomic E-state index is -0.286. The number of aromatic nitrogens is 2. The molecule has 0 aliphatic carbocycles. The van der Waals surface area contributed by atoms with Crippen molar-refractivity contribution in [3.8, 4) is 11.3 Å². The van der Waals surface area contributed by atoms with Crippen molar-refractivity contribution in [2.75, 3.05) is 0 Å². The molecule has 90 valence electrons. The third-order valence-corrected chi connectivity index (χ3v) is 3.61. The molecule has 0 N–H and O–H groups in total. The van der Waals surface area contributed by atoms with Crippen LogP contribution in [0.2, 0.25) is 5.02 Å². The van der Waals surface area contributed by atoms with Crippen molar-refractivity contribution in [3.05, 3.63) is 58.0 Å². The van der Waals surface area contributed by atoms with E-state index in [0.29, 0.717) is 15.1 Å². The highest BCUT2D eigenvalue weighted by molar-refractivity contribution is 9.10. The third-order valence-electron chi connectivity index (χ3n) is 2.70. The maximum Gasteiger partial charge on any atom is 0.156 e. The molecule has 2 heterocycles. The number of fused-ring (bicyclic) bond motifs is 1. The molecule has 0 aliphatic rings. The summed E-state index contributed by atoms with van der Waals surface area (Å²) in [4.78, 5) is 4.27. The van der Waals surface area contributed by atoms with Gasteiger partial charge in [-0.25, -0.2) is 9.37 Å². The third kappa shape index (κ3) is 1.82. The molecule has 18 heavy (non-hydrogen) atoms. The van der Waals surface area contributed by atoms with E-state index in [9.17, 15) is 4.39 Å². The first kappa shape index (κ1) is 11.7. The van der Waals surface area contributed by atoms with Crippen molar-refractivity contribution in [1.29, 1.82) is 0 Å². The Hall–Kier alpha value is -1.39. The zero-order chi connectivity index (χ0) is 12.7. The maximum atomic E-state index is 13.2. The molecule has 3 aromatic rings. The lowest BCUT2D eigenvalue weighted by atomic mass is 10.1. The van der Waals surface area contributed by atoms with Crippen molar-refractivity contribution < 1.29 is 4.39 Å². The van der Waals surface area contributed by atoms with Gasteiger partial charge in [0.25, 0.3) is 0 Å². The number of hydrogen-bond donors (Lipinski definition) is 0. The summed E-state index contributed by atoms with van der Waals surface area (Å²) in [7, 11) is 0. The number of hydrogen-bond acceptors (Lipinski definition) is 1. The van der Waals surface area contributed by atoms with E-state index >= 15 is 0 Å². The molecule has 0 saturated heterocycles. The SMILES string of the molecule is Fc1ccc(-c2cnc3c(Cl)cccn23)cc1Br. The molecule has 2 aromatic heterocycles. The van der Waals surface area contributed by atoms with E-state index in [2.05, 4.69) is 20.9 Å². The van der Waals surface area contributed by atoms with Crippen LogP contribution in [0.15, 0.2) is 47.2 Å². The van der Waals surface area contributed by atoms with Crippen molar-refractivity contribution in [2.45, 2.75) is 0 Å². The van der Waals surface area contributed by atoms with Gasteiger partial charge in [0.05, 0.1) is 21.4 Å². The van der Waals surface area contributed by atoms with E-state index in [4.69, 9.17) is 11.6 Å². The quantitative estimate of drug-likeness (QED) is 0.641. The lowest BCUT2D eigenvalue weighted by Crippen LogP contribution is -1.89. The fourth-order valence-electron chi connectivity index (χ4n) is 1.85. The lowest BCUT2D eigenvalue weighted by Gasteiger charge is -2.03. The van der Waals surface area contributed by atoms with Gasteiger partial charge in [0.15, 0.2) is 5.65 Å². The van der Waals surface area contributed by atoms with Crippen LogP contribution in [0.25, 0.3) is 16.9 Å². The predicted molar refractivity (Wildman–Crippen MR) is 73.3 cm³/mol. The van der Waals surface area contributed by atoms with Gasteiger partial charge in [0.1, 0.15) is 5.82 Å². The summed E-state index contributed by atoms with van der Waals surface area (Å²) in [5, 5.41) is 0.588. The van der Waals surface area contributed by atoms with Crippen LogP contribution in [-0.4, -0.2) is 9.38 Å². The molecule has 0 saturated carbocycles. The van der Waals surface area contributed by atoms with Gasteiger partial charge < -0.3 is 0 Å². The Balaban J connectivity index is 2.25. The first-order valence-electron chi connectivity index (χ1n) is 5.24. The van der Waals surface area contributed by atoms with Gasteiger partial charge >= 0.3 is 0 Å². The molecule has 0 bridgehead atoms. The second-order valence-electron chi connectivity index (χ2n) is 3.82. The van der Waals surface area contributed by atoms with E-state index in [-0.39, 0.29) is 5.82 Å². The van der Waals surface area contributed by atoms with E-state index in [0.717, 1.165) is 11.3 Å². The van der Waals surface area contributed by atoms with Gasteiger partial charge in [-0.1, -0.05) is 11.6 Å². The molecular weight excluding hydrogens is 319 g/mol. The molecular formula is C13H7BrClFN2. The molecule has 0 fully saturated rings. The largest absolute Gasteiger partial charge is 0.298 e. The predicted octanol–water partition coefficient (Wildman–Crippen LogP) is 4.56. The smallest absolute Gasteiger partial charge is 0.156 e. The summed E-state index contributed by atoms with van der Waals surface area (Å²) in [6.07, 6.45) is 3.60. The van der Waals surface area contributed by atoms with E-state index in [1.807, 2.05) is 16.7 Å². The summed E-state index contributed by atoms with van der Waals surface area (Å²) in [5.41, 5.74) is 2.43. The highest BCUT2D eigenvalue weighted by Crippen LogP contribution is 2.27. The van der Waals surface area contributed by atoms with Crippen LogP contribution in [0.1, 0.15) is 0 Å². The second kappa shape index (κ2) is 4.37. The Morgan fingerprint density at radius 3 is 2.89 bits per heavy atom.